The van der Waals surface area contributed by atoms with Gasteiger partial charge in [0.25, 0.3) is 0 Å². The van der Waals surface area contributed by atoms with E-state index >= 15 is 0 Å². The van der Waals surface area contributed by atoms with Crippen molar-refractivity contribution < 1.29 is 0 Å². The molecule has 55 valence electrons. The number of nitrogens with zero attached hydrogens (tertiary/aromatic N) is 1. The minimum atomic E-state index is 0.624. The molecule has 0 saturated heterocycles. The lowest BCUT2D eigenvalue weighted by molar-refractivity contribution is 1.03. The van der Waals surface area contributed by atoms with E-state index in [0.717, 1.165) is 15.9 Å². The second-order valence-corrected chi connectivity index (χ2v) is 3.75. The summed E-state index contributed by atoms with van der Waals surface area (Å²) >= 11 is 6.02. The van der Waals surface area contributed by atoms with Crippen LogP contribution in [0.1, 0.15) is 24.5 Å². The predicted octanol–water partition coefficient (Wildman–Crippen LogP) is 1.41. The maximum atomic E-state index is 6.02. The van der Waals surface area contributed by atoms with E-state index in [9.17, 15) is 0 Å². The Balaban J connectivity index is 2.45. The number of hydrogen-bond acceptors (Lipinski definition) is 1. The van der Waals surface area contributed by atoms with Crippen molar-refractivity contribution in [3.8, 4) is 0 Å². The van der Waals surface area contributed by atoms with Gasteiger partial charge in [0, 0.05) is 12.1 Å². The Hall–Kier alpha value is -0.343. The van der Waals surface area contributed by atoms with E-state index in [1.807, 2.05) is 6.07 Å². The minimum absolute atomic E-state index is 0.624. The van der Waals surface area contributed by atoms with Crippen LogP contribution < -0.4 is 5.19 Å². The highest BCUT2D eigenvalue weighted by Crippen LogP contribution is 2.41. The van der Waals surface area contributed by atoms with Gasteiger partial charge in [-0.15, -0.1) is 0 Å². The first-order valence-electron chi connectivity index (χ1n) is 3.65. The summed E-state index contributed by atoms with van der Waals surface area (Å²) in [5.74, 6) is 0.624. The lowest BCUT2D eigenvalue weighted by Gasteiger charge is -2.02. The third-order valence-corrected chi connectivity index (χ3v) is 2.85. The molecule has 1 heterocycles. The molecule has 2 rings (SSSR count). The number of hydrogen-bond donors (Lipinski definition) is 0. The summed E-state index contributed by atoms with van der Waals surface area (Å²) in [5.41, 5.74) is 1.05. The number of rotatable bonds is 1. The molecule has 1 fully saturated rings. The zero-order chi connectivity index (χ0) is 7.84. The second kappa shape index (κ2) is 2.61. The van der Waals surface area contributed by atoms with Crippen molar-refractivity contribution in [1.29, 1.82) is 0 Å². The highest BCUT2D eigenvalue weighted by molar-refractivity contribution is 6.45. The summed E-state index contributed by atoms with van der Waals surface area (Å²) in [5, 5.41) is 1.73. The molecule has 0 aliphatic heterocycles. The lowest BCUT2D eigenvalue weighted by atomic mass is 10.2. The van der Waals surface area contributed by atoms with Crippen LogP contribution in [0.4, 0.5) is 0 Å². The van der Waals surface area contributed by atoms with E-state index in [1.54, 1.807) is 6.20 Å². The van der Waals surface area contributed by atoms with Crippen molar-refractivity contribution in [1.82, 2.24) is 4.98 Å². The van der Waals surface area contributed by atoms with Crippen molar-refractivity contribution in [3.05, 3.63) is 23.0 Å². The van der Waals surface area contributed by atoms with Crippen molar-refractivity contribution in [2.75, 3.05) is 0 Å². The number of aromatic nitrogens is 1. The van der Waals surface area contributed by atoms with Gasteiger partial charge in [-0.25, -0.2) is 0 Å². The van der Waals surface area contributed by atoms with Crippen LogP contribution in [0.5, 0.6) is 0 Å². The monoisotopic (exact) mass is 180 g/mol. The van der Waals surface area contributed by atoms with E-state index in [1.165, 1.54) is 12.8 Å². The molecular weight excluding hydrogens is 174 g/mol. The molecule has 1 saturated carbocycles. The van der Waals surface area contributed by atoms with Gasteiger partial charge in [-0.2, -0.15) is 0 Å². The van der Waals surface area contributed by atoms with Gasteiger partial charge in [0.2, 0.25) is 0 Å². The third-order valence-electron chi connectivity index (χ3n) is 1.88. The van der Waals surface area contributed by atoms with Gasteiger partial charge in [-0.1, -0.05) is 11.6 Å². The van der Waals surface area contributed by atoms with E-state index in [4.69, 9.17) is 11.6 Å². The molecule has 1 aliphatic rings. The molecule has 1 nitrogen and oxygen atoms in total. The molecule has 1 aromatic heterocycles. The smallest absolute Gasteiger partial charge is 0.0734 e. The van der Waals surface area contributed by atoms with Gasteiger partial charge in [-0.05, 0) is 24.1 Å². The molecule has 0 atom stereocenters. The number of pyridine rings is 1. The number of halogens is 1. The molecule has 3 radical (unpaired) electrons. The predicted molar refractivity (Wildman–Crippen MR) is 46.6 cm³/mol. The zero-order valence-corrected chi connectivity index (χ0v) is 7.73. The van der Waals surface area contributed by atoms with E-state index in [0.29, 0.717) is 5.92 Å². The van der Waals surface area contributed by atoms with Crippen molar-refractivity contribution in [2.24, 2.45) is 0 Å². The Morgan fingerprint density at radius 3 is 2.91 bits per heavy atom. The zero-order valence-electron chi connectivity index (χ0n) is 5.97. The van der Waals surface area contributed by atoms with Gasteiger partial charge in [0.05, 0.1) is 21.0 Å². The first-order valence-corrected chi connectivity index (χ1v) is 4.53. The summed E-state index contributed by atoms with van der Waals surface area (Å²) in [6, 6.07) is 1.87. The maximum absolute atomic E-state index is 6.02. The summed E-state index contributed by atoms with van der Waals surface area (Å²) in [7, 11) is 3.42. The van der Waals surface area contributed by atoms with E-state index < -0.39 is 0 Å². The Morgan fingerprint density at radius 2 is 2.27 bits per heavy atom. The topological polar surface area (TPSA) is 12.9 Å². The van der Waals surface area contributed by atoms with Gasteiger partial charge in [0.1, 0.15) is 0 Å². The average molecular weight is 181 g/mol. The summed E-state index contributed by atoms with van der Waals surface area (Å²) in [6.07, 6.45) is 4.27. The fourth-order valence-electron chi connectivity index (χ4n) is 1.10. The maximum Gasteiger partial charge on any atom is 0.0734 e. The second-order valence-electron chi connectivity index (χ2n) is 2.83. The van der Waals surface area contributed by atoms with Gasteiger partial charge < -0.3 is 0 Å². The van der Waals surface area contributed by atoms with Crippen LogP contribution in [0, 0.1) is 0 Å². The van der Waals surface area contributed by atoms with Crippen LogP contribution >= 0.6 is 11.6 Å². The first-order chi connectivity index (χ1) is 5.29. The third kappa shape index (κ3) is 1.33. The van der Waals surface area contributed by atoms with Crippen LogP contribution in [0.3, 0.4) is 0 Å². The van der Waals surface area contributed by atoms with Crippen LogP contribution in [-0.2, 0) is 0 Å². The lowest BCUT2D eigenvalue weighted by Crippen LogP contribution is -2.07. The highest BCUT2D eigenvalue weighted by Gasteiger charge is 2.27. The summed E-state index contributed by atoms with van der Waals surface area (Å²) in [4.78, 5) is 4.24. The molecule has 1 aliphatic carbocycles. The highest BCUT2D eigenvalue weighted by atomic mass is 35.5. The fourth-order valence-corrected chi connectivity index (χ4v) is 1.57. The standard InChI is InChI=1S/C8H7ClNSi/c9-7-6(11)3-4-10-8(7)5-1-2-5/h3-5H,1-2H2. The molecule has 0 spiro atoms. The average Bonchev–Trinajstić information content (AvgIpc) is 2.77. The van der Waals surface area contributed by atoms with Crippen molar-refractivity contribution in [3.63, 3.8) is 0 Å². The largest absolute Gasteiger partial charge is 0.259 e. The van der Waals surface area contributed by atoms with Crippen molar-refractivity contribution in [2.45, 2.75) is 18.8 Å². The Bertz CT molecular complexity index is 283. The van der Waals surface area contributed by atoms with Gasteiger partial charge in [-0.3, -0.25) is 4.98 Å². The van der Waals surface area contributed by atoms with Gasteiger partial charge >= 0.3 is 0 Å². The molecule has 11 heavy (non-hydrogen) atoms. The van der Waals surface area contributed by atoms with Crippen LogP contribution in [0.25, 0.3) is 0 Å². The molecule has 0 unspecified atom stereocenters. The van der Waals surface area contributed by atoms with Crippen LogP contribution in [0.2, 0.25) is 5.02 Å². The van der Waals surface area contributed by atoms with E-state index in [2.05, 4.69) is 15.2 Å². The Kier molecular flexibility index (Phi) is 1.73. The SMILES string of the molecule is [Si]c1ccnc(C2CC2)c1Cl. The molecule has 3 heteroatoms. The molecule has 0 aromatic carbocycles. The van der Waals surface area contributed by atoms with Crippen LogP contribution in [0.15, 0.2) is 12.3 Å². The van der Waals surface area contributed by atoms with Crippen molar-refractivity contribution >= 4 is 27.0 Å². The fraction of sp³-hybridized carbons (Fsp3) is 0.375. The van der Waals surface area contributed by atoms with Crippen LogP contribution in [-0.4, -0.2) is 15.2 Å². The minimum Gasteiger partial charge on any atom is -0.259 e. The molecule has 0 bridgehead atoms. The summed E-state index contributed by atoms with van der Waals surface area (Å²) < 4.78 is 0. The normalized spacial score (nSPS) is 16.9. The van der Waals surface area contributed by atoms with Gasteiger partial charge in [0.15, 0.2) is 0 Å². The summed E-state index contributed by atoms with van der Waals surface area (Å²) in [6.45, 7) is 0. The molecule has 0 amide bonds. The van der Waals surface area contributed by atoms with E-state index in [-0.39, 0.29) is 0 Å². The molecular formula is C8H7ClNSi. The Labute approximate surface area is 74.2 Å². The molecule has 1 aromatic rings. The Morgan fingerprint density at radius 1 is 1.55 bits per heavy atom. The quantitative estimate of drug-likeness (QED) is 0.596. The first kappa shape index (κ1) is 7.31. The molecule has 0 N–H and O–H groups in total.